The van der Waals surface area contributed by atoms with Gasteiger partial charge >= 0.3 is 0 Å². The number of phenolic OH excluding ortho intramolecular Hbond substituents is 1. The number of piperazine rings is 1. The lowest BCUT2D eigenvalue weighted by Crippen LogP contribution is -2.46. The van der Waals surface area contributed by atoms with Gasteiger partial charge in [0.05, 0.1) is 5.56 Å². The van der Waals surface area contributed by atoms with E-state index in [2.05, 4.69) is 16.3 Å². The molecule has 112 valence electrons. The van der Waals surface area contributed by atoms with Gasteiger partial charge in [0, 0.05) is 37.8 Å². The molecule has 4 nitrogen and oxygen atoms in total. The molecule has 1 heterocycles. The number of para-hydroxylation sites is 1. The maximum atomic E-state index is 10.5. The summed E-state index contributed by atoms with van der Waals surface area (Å²) in [6.45, 7) is 4.03. The topological polar surface area (TPSA) is 59.3 Å². The number of aromatic hydroxyl groups is 1. The number of phenols is 1. The molecule has 2 fully saturated rings. The molecule has 0 aromatic heterocycles. The van der Waals surface area contributed by atoms with Crippen molar-refractivity contribution < 1.29 is 5.11 Å². The third kappa shape index (κ3) is 2.90. The van der Waals surface area contributed by atoms with E-state index >= 15 is 0 Å². The second kappa shape index (κ2) is 6.46. The Bertz CT molecular complexity index is 525. The number of nitrogens with one attached hydrogen (secondary N) is 1. The molecule has 2 aliphatic rings. The predicted molar refractivity (Wildman–Crippen MR) is 82.0 cm³/mol. The van der Waals surface area contributed by atoms with Crippen molar-refractivity contribution in [2.75, 3.05) is 26.2 Å². The lowest BCUT2D eigenvalue weighted by atomic mass is 9.88. The highest BCUT2D eigenvalue weighted by molar-refractivity contribution is 5.49. The zero-order chi connectivity index (χ0) is 14.7. The normalized spacial score (nSPS) is 22.0. The van der Waals surface area contributed by atoms with E-state index in [-0.39, 0.29) is 11.8 Å². The van der Waals surface area contributed by atoms with E-state index in [1.54, 1.807) is 6.07 Å². The molecule has 1 atom stereocenters. The van der Waals surface area contributed by atoms with Gasteiger partial charge in [-0.15, -0.1) is 0 Å². The van der Waals surface area contributed by atoms with E-state index in [1.807, 2.05) is 12.1 Å². The van der Waals surface area contributed by atoms with Crippen molar-refractivity contribution in [2.24, 2.45) is 5.92 Å². The average molecular weight is 285 g/mol. The quantitative estimate of drug-likeness (QED) is 0.895. The fraction of sp³-hybridized carbons (Fsp3) is 0.588. The maximum absolute atomic E-state index is 10.5. The highest BCUT2D eigenvalue weighted by Crippen LogP contribution is 2.43. The molecule has 1 saturated heterocycles. The molecule has 1 aromatic carbocycles. The summed E-state index contributed by atoms with van der Waals surface area (Å²) in [5, 5.41) is 23.0. The average Bonchev–Trinajstić information content (AvgIpc) is 3.04. The van der Waals surface area contributed by atoms with Crippen molar-refractivity contribution in [3.8, 4) is 11.8 Å². The monoisotopic (exact) mass is 285 g/mol. The Morgan fingerprint density at radius 2 is 1.95 bits per heavy atom. The van der Waals surface area contributed by atoms with Gasteiger partial charge in [0.1, 0.15) is 11.8 Å². The molecule has 1 aliphatic heterocycles. The first kappa shape index (κ1) is 14.4. The third-order valence-corrected chi connectivity index (χ3v) is 4.90. The molecule has 21 heavy (non-hydrogen) atoms. The zero-order valence-electron chi connectivity index (χ0n) is 12.4. The number of hydrogen-bond donors (Lipinski definition) is 2. The van der Waals surface area contributed by atoms with Crippen LogP contribution in [0.4, 0.5) is 0 Å². The molecule has 0 amide bonds. The fourth-order valence-electron chi connectivity index (χ4n) is 3.87. The first-order valence-corrected chi connectivity index (χ1v) is 7.98. The van der Waals surface area contributed by atoms with Gasteiger partial charge in [0.15, 0.2) is 0 Å². The van der Waals surface area contributed by atoms with Crippen LogP contribution in [0, 0.1) is 17.2 Å². The third-order valence-electron chi connectivity index (χ3n) is 4.90. The first-order chi connectivity index (χ1) is 10.3. The smallest absolute Gasteiger partial charge is 0.138 e. The minimum absolute atomic E-state index is 0.190. The van der Waals surface area contributed by atoms with Crippen LogP contribution in [0.5, 0.6) is 5.75 Å². The number of benzene rings is 1. The lowest BCUT2D eigenvalue weighted by molar-refractivity contribution is 0.123. The van der Waals surface area contributed by atoms with Crippen LogP contribution in [0.2, 0.25) is 0 Å². The van der Waals surface area contributed by atoms with Crippen LogP contribution in [-0.2, 0) is 0 Å². The van der Waals surface area contributed by atoms with Crippen molar-refractivity contribution in [1.29, 1.82) is 5.26 Å². The summed E-state index contributed by atoms with van der Waals surface area (Å²) in [6, 6.07) is 7.95. The standard InChI is InChI=1S/C17H23N3O/c18-12-14-6-3-7-15(17(14)21)16(13-4-1-2-5-13)20-10-8-19-9-11-20/h3,6-7,13,16,19,21H,1-2,4-5,8-11H2/t16-/m1/s1. The second-order valence-electron chi connectivity index (χ2n) is 6.13. The van der Waals surface area contributed by atoms with Crippen LogP contribution < -0.4 is 5.32 Å². The van der Waals surface area contributed by atoms with Gasteiger partial charge < -0.3 is 10.4 Å². The van der Waals surface area contributed by atoms with E-state index in [9.17, 15) is 5.11 Å². The van der Waals surface area contributed by atoms with Crippen LogP contribution in [0.15, 0.2) is 18.2 Å². The van der Waals surface area contributed by atoms with Crippen LogP contribution >= 0.6 is 0 Å². The van der Waals surface area contributed by atoms with E-state index in [0.29, 0.717) is 11.5 Å². The Kier molecular flexibility index (Phi) is 4.42. The Balaban J connectivity index is 1.96. The van der Waals surface area contributed by atoms with Gasteiger partial charge in [-0.3, -0.25) is 4.90 Å². The Morgan fingerprint density at radius 1 is 1.24 bits per heavy atom. The summed E-state index contributed by atoms with van der Waals surface area (Å²) in [5.74, 6) is 0.790. The molecule has 0 radical (unpaired) electrons. The van der Waals surface area contributed by atoms with Gasteiger partial charge in [-0.05, 0) is 24.8 Å². The SMILES string of the molecule is N#Cc1cccc([C@@H](C2CCCC2)N2CCNCC2)c1O. The van der Waals surface area contributed by atoms with Crippen molar-refractivity contribution in [2.45, 2.75) is 31.7 Å². The summed E-state index contributed by atoms with van der Waals surface area (Å²) in [6.07, 6.45) is 5.02. The minimum atomic E-state index is 0.190. The van der Waals surface area contributed by atoms with Crippen LogP contribution in [0.3, 0.4) is 0 Å². The fourth-order valence-corrected chi connectivity index (χ4v) is 3.87. The van der Waals surface area contributed by atoms with Gasteiger partial charge in [-0.25, -0.2) is 0 Å². The summed E-state index contributed by atoms with van der Waals surface area (Å²) < 4.78 is 0. The summed E-state index contributed by atoms with van der Waals surface area (Å²) in [5.41, 5.74) is 1.34. The van der Waals surface area contributed by atoms with Crippen molar-refractivity contribution >= 4 is 0 Å². The van der Waals surface area contributed by atoms with Crippen LogP contribution in [0.25, 0.3) is 0 Å². The van der Waals surface area contributed by atoms with Crippen LogP contribution in [-0.4, -0.2) is 36.2 Å². The Morgan fingerprint density at radius 3 is 2.62 bits per heavy atom. The molecule has 0 unspecified atom stereocenters. The van der Waals surface area contributed by atoms with Crippen molar-refractivity contribution in [3.63, 3.8) is 0 Å². The molecule has 1 saturated carbocycles. The maximum Gasteiger partial charge on any atom is 0.138 e. The van der Waals surface area contributed by atoms with Crippen LogP contribution in [0.1, 0.15) is 42.9 Å². The molecule has 1 aliphatic carbocycles. The molecule has 2 N–H and O–H groups in total. The van der Waals surface area contributed by atoms with E-state index in [1.165, 1.54) is 25.7 Å². The molecular weight excluding hydrogens is 262 g/mol. The van der Waals surface area contributed by atoms with Gasteiger partial charge in [0.2, 0.25) is 0 Å². The number of nitrogens with zero attached hydrogens (tertiary/aromatic N) is 2. The van der Waals surface area contributed by atoms with E-state index in [0.717, 1.165) is 31.7 Å². The number of hydrogen-bond acceptors (Lipinski definition) is 4. The Labute approximate surface area is 126 Å². The highest BCUT2D eigenvalue weighted by atomic mass is 16.3. The van der Waals surface area contributed by atoms with E-state index in [4.69, 9.17) is 5.26 Å². The molecule has 3 rings (SSSR count). The lowest BCUT2D eigenvalue weighted by Gasteiger charge is -2.39. The molecule has 0 spiro atoms. The number of rotatable bonds is 3. The molecular formula is C17H23N3O. The van der Waals surface area contributed by atoms with Crippen molar-refractivity contribution in [3.05, 3.63) is 29.3 Å². The Hall–Kier alpha value is -1.57. The largest absolute Gasteiger partial charge is 0.506 e. The molecule has 4 heteroatoms. The first-order valence-electron chi connectivity index (χ1n) is 7.98. The summed E-state index contributed by atoms with van der Waals surface area (Å²) >= 11 is 0. The number of nitriles is 1. The second-order valence-corrected chi connectivity index (χ2v) is 6.13. The van der Waals surface area contributed by atoms with Gasteiger partial charge in [-0.2, -0.15) is 5.26 Å². The van der Waals surface area contributed by atoms with E-state index < -0.39 is 0 Å². The van der Waals surface area contributed by atoms with Gasteiger partial charge in [-0.1, -0.05) is 25.0 Å². The highest BCUT2D eigenvalue weighted by Gasteiger charge is 2.33. The minimum Gasteiger partial charge on any atom is -0.506 e. The van der Waals surface area contributed by atoms with Gasteiger partial charge in [0.25, 0.3) is 0 Å². The molecule has 0 bridgehead atoms. The predicted octanol–water partition coefficient (Wildman–Crippen LogP) is 2.40. The van der Waals surface area contributed by atoms with Crippen molar-refractivity contribution in [1.82, 2.24) is 10.2 Å². The zero-order valence-corrected chi connectivity index (χ0v) is 12.4. The molecule has 1 aromatic rings. The summed E-state index contributed by atoms with van der Waals surface area (Å²) in [4.78, 5) is 2.49. The summed E-state index contributed by atoms with van der Waals surface area (Å²) in [7, 11) is 0.